The lowest BCUT2D eigenvalue weighted by molar-refractivity contribution is 0.414. The molecule has 0 aromatic heterocycles. The van der Waals surface area contributed by atoms with Crippen LogP contribution in [0.1, 0.15) is 0 Å². The van der Waals surface area contributed by atoms with Crippen molar-refractivity contribution in [3.63, 3.8) is 0 Å². The quantitative estimate of drug-likeness (QED) is 0.589. The molecule has 0 spiro atoms. The predicted octanol–water partition coefficient (Wildman–Crippen LogP) is 1.78. The molecule has 7 heteroatoms. The van der Waals surface area contributed by atoms with Crippen LogP contribution in [0.25, 0.3) is 0 Å². The van der Waals surface area contributed by atoms with E-state index in [1.807, 2.05) is 0 Å². The molecule has 0 amide bonds. The van der Waals surface area contributed by atoms with Crippen molar-refractivity contribution < 1.29 is 18.3 Å². The van der Waals surface area contributed by atoms with Gasteiger partial charge in [-0.3, -0.25) is 4.72 Å². The molecule has 0 unspecified atom stereocenters. The number of nitrogen functional groups attached to an aromatic ring is 1. The van der Waals surface area contributed by atoms with Crippen LogP contribution < -0.4 is 15.2 Å². The third-order valence-electron chi connectivity index (χ3n) is 2.65. The van der Waals surface area contributed by atoms with Gasteiger partial charge in [0, 0.05) is 6.07 Å². The van der Waals surface area contributed by atoms with Crippen molar-refractivity contribution in [3.8, 4) is 11.5 Å². The molecule has 0 atom stereocenters. The van der Waals surface area contributed by atoms with Gasteiger partial charge in [-0.05, 0) is 36.4 Å². The van der Waals surface area contributed by atoms with Crippen LogP contribution in [0.2, 0.25) is 0 Å². The van der Waals surface area contributed by atoms with E-state index in [4.69, 9.17) is 10.5 Å². The van der Waals surface area contributed by atoms with Crippen LogP contribution in [0, 0.1) is 0 Å². The number of anilines is 2. The summed E-state index contributed by atoms with van der Waals surface area (Å²) in [6.45, 7) is 0. The summed E-state index contributed by atoms with van der Waals surface area (Å²) in [5, 5.41) is 9.24. The smallest absolute Gasteiger partial charge is 0.261 e. The fraction of sp³-hybridized carbons (Fsp3) is 0.0769. The van der Waals surface area contributed by atoms with Crippen LogP contribution in [0.3, 0.4) is 0 Å². The first-order chi connectivity index (χ1) is 9.42. The maximum absolute atomic E-state index is 12.2. The molecular formula is C13H14N2O4S. The first-order valence-corrected chi connectivity index (χ1v) is 7.16. The Bertz CT molecular complexity index is 712. The van der Waals surface area contributed by atoms with Gasteiger partial charge in [-0.2, -0.15) is 0 Å². The largest absolute Gasteiger partial charge is 0.508 e. The number of hydrogen-bond acceptors (Lipinski definition) is 5. The van der Waals surface area contributed by atoms with Crippen LogP contribution in [0.15, 0.2) is 47.4 Å². The monoisotopic (exact) mass is 294 g/mol. The van der Waals surface area contributed by atoms with E-state index in [0.717, 1.165) is 0 Å². The average molecular weight is 294 g/mol. The van der Waals surface area contributed by atoms with Crippen molar-refractivity contribution in [2.45, 2.75) is 4.90 Å². The Morgan fingerprint density at radius 2 is 1.80 bits per heavy atom. The van der Waals surface area contributed by atoms with Crippen LogP contribution in [-0.2, 0) is 10.0 Å². The van der Waals surface area contributed by atoms with Crippen molar-refractivity contribution in [2.24, 2.45) is 0 Å². The molecule has 0 aliphatic rings. The van der Waals surface area contributed by atoms with Gasteiger partial charge in [0.1, 0.15) is 11.5 Å². The second kappa shape index (κ2) is 5.30. The average Bonchev–Trinajstić information content (AvgIpc) is 2.42. The number of hydrogen-bond donors (Lipinski definition) is 3. The molecule has 0 aliphatic carbocycles. The van der Waals surface area contributed by atoms with E-state index in [1.54, 1.807) is 12.1 Å². The van der Waals surface area contributed by atoms with Crippen molar-refractivity contribution in [2.75, 3.05) is 17.6 Å². The number of aromatic hydroxyl groups is 1. The summed E-state index contributed by atoms with van der Waals surface area (Å²) in [4.78, 5) is 0.0887. The Labute approximate surface area is 116 Å². The minimum Gasteiger partial charge on any atom is -0.508 e. The summed E-state index contributed by atoms with van der Waals surface area (Å²) in [5.41, 5.74) is 5.99. The van der Waals surface area contributed by atoms with E-state index in [0.29, 0.717) is 5.75 Å². The predicted molar refractivity (Wildman–Crippen MR) is 76.3 cm³/mol. The Hall–Kier alpha value is -2.41. The maximum atomic E-state index is 12.2. The van der Waals surface area contributed by atoms with E-state index in [2.05, 4.69) is 4.72 Å². The van der Waals surface area contributed by atoms with Gasteiger partial charge in [0.05, 0.1) is 23.4 Å². The van der Waals surface area contributed by atoms with E-state index in [9.17, 15) is 13.5 Å². The highest BCUT2D eigenvalue weighted by Crippen LogP contribution is 2.26. The zero-order valence-electron chi connectivity index (χ0n) is 10.7. The maximum Gasteiger partial charge on any atom is 0.261 e. The normalized spacial score (nSPS) is 11.1. The lowest BCUT2D eigenvalue weighted by Gasteiger charge is -2.11. The van der Waals surface area contributed by atoms with Gasteiger partial charge in [-0.1, -0.05) is 0 Å². The molecule has 20 heavy (non-hydrogen) atoms. The minimum atomic E-state index is -3.74. The molecule has 106 valence electrons. The van der Waals surface area contributed by atoms with Crippen molar-refractivity contribution in [3.05, 3.63) is 42.5 Å². The molecule has 0 saturated heterocycles. The summed E-state index contributed by atoms with van der Waals surface area (Å²) in [5.74, 6) is 0.531. The molecular weight excluding hydrogens is 280 g/mol. The molecule has 0 radical (unpaired) electrons. The highest BCUT2D eigenvalue weighted by molar-refractivity contribution is 7.92. The molecule has 0 heterocycles. The molecule has 0 aliphatic heterocycles. The summed E-state index contributed by atoms with van der Waals surface area (Å²) < 4.78 is 31.7. The highest BCUT2D eigenvalue weighted by atomic mass is 32.2. The molecule has 0 bridgehead atoms. The molecule has 0 saturated carbocycles. The van der Waals surface area contributed by atoms with E-state index < -0.39 is 10.0 Å². The number of phenols is 1. The Kier molecular flexibility index (Phi) is 3.71. The van der Waals surface area contributed by atoms with Gasteiger partial charge in [-0.25, -0.2) is 8.42 Å². The number of benzene rings is 2. The number of ether oxygens (including phenoxy) is 1. The van der Waals surface area contributed by atoms with Gasteiger partial charge in [0.25, 0.3) is 10.0 Å². The number of methoxy groups -OCH3 is 1. The van der Waals surface area contributed by atoms with Crippen LogP contribution in [0.4, 0.5) is 11.4 Å². The van der Waals surface area contributed by atoms with Gasteiger partial charge in [0.15, 0.2) is 0 Å². The second-order valence-corrected chi connectivity index (χ2v) is 5.73. The second-order valence-electron chi connectivity index (χ2n) is 4.05. The third kappa shape index (κ3) is 2.94. The fourth-order valence-electron chi connectivity index (χ4n) is 1.60. The molecule has 2 aromatic carbocycles. The molecule has 6 nitrogen and oxygen atoms in total. The number of sulfonamides is 1. The van der Waals surface area contributed by atoms with Crippen molar-refractivity contribution >= 4 is 21.4 Å². The molecule has 2 aromatic rings. The Morgan fingerprint density at radius 3 is 2.35 bits per heavy atom. The summed E-state index contributed by atoms with van der Waals surface area (Å²) in [6.07, 6.45) is 0. The van der Waals surface area contributed by atoms with E-state index in [1.165, 1.54) is 37.4 Å². The Morgan fingerprint density at radius 1 is 1.15 bits per heavy atom. The van der Waals surface area contributed by atoms with Crippen LogP contribution in [0.5, 0.6) is 11.5 Å². The zero-order valence-corrected chi connectivity index (χ0v) is 11.5. The summed E-state index contributed by atoms with van der Waals surface area (Å²) >= 11 is 0. The molecule has 2 rings (SSSR count). The van der Waals surface area contributed by atoms with Crippen LogP contribution >= 0.6 is 0 Å². The lowest BCUT2D eigenvalue weighted by atomic mass is 10.2. The van der Waals surface area contributed by atoms with Gasteiger partial charge >= 0.3 is 0 Å². The van der Waals surface area contributed by atoms with Gasteiger partial charge < -0.3 is 15.6 Å². The lowest BCUT2D eigenvalue weighted by Crippen LogP contribution is -2.14. The number of nitrogens with two attached hydrogens (primary N) is 1. The van der Waals surface area contributed by atoms with Crippen LogP contribution in [-0.4, -0.2) is 20.6 Å². The Balaban J connectivity index is 2.30. The number of rotatable bonds is 4. The molecule has 0 fully saturated rings. The van der Waals surface area contributed by atoms with E-state index >= 15 is 0 Å². The van der Waals surface area contributed by atoms with E-state index in [-0.39, 0.29) is 22.0 Å². The SMILES string of the molecule is COc1ccc(S(=O)(=O)Nc2ccc(O)cc2N)cc1. The topological polar surface area (TPSA) is 102 Å². The number of phenolic OH excluding ortho intramolecular Hbond substituents is 1. The molecule has 4 N–H and O–H groups in total. The standard InChI is InChI=1S/C13H14N2O4S/c1-19-10-3-5-11(6-4-10)20(17,18)15-13-7-2-9(16)8-12(13)14/h2-8,15-16H,14H2,1H3. The summed E-state index contributed by atoms with van der Waals surface area (Å²) in [7, 11) is -2.24. The first kappa shape index (κ1) is 14.0. The summed E-state index contributed by atoms with van der Waals surface area (Å²) in [6, 6.07) is 9.97. The third-order valence-corrected chi connectivity index (χ3v) is 4.03. The van der Waals surface area contributed by atoms with Gasteiger partial charge in [0.2, 0.25) is 0 Å². The number of nitrogens with one attached hydrogen (secondary N) is 1. The van der Waals surface area contributed by atoms with Crippen molar-refractivity contribution in [1.82, 2.24) is 0 Å². The van der Waals surface area contributed by atoms with Crippen molar-refractivity contribution in [1.29, 1.82) is 0 Å². The minimum absolute atomic E-state index is 0.0325. The zero-order chi connectivity index (χ0) is 14.8. The van der Waals surface area contributed by atoms with Gasteiger partial charge in [-0.15, -0.1) is 0 Å². The first-order valence-electron chi connectivity index (χ1n) is 5.68. The fourth-order valence-corrected chi connectivity index (χ4v) is 2.69. The highest BCUT2D eigenvalue weighted by Gasteiger charge is 2.15.